The fourth-order valence-corrected chi connectivity index (χ4v) is 4.91. The molecule has 6 nitrogen and oxygen atoms in total. The van der Waals surface area contributed by atoms with E-state index in [0.717, 1.165) is 18.4 Å². The van der Waals surface area contributed by atoms with Gasteiger partial charge in [0.05, 0.1) is 18.7 Å². The van der Waals surface area contributed by atoms with Gasteiger partial charge in [-0.3, -0.25) is 9.69 Å². The fourth-order valence-electron chi connectivity index (χ4n) is 3.98. The summed E-state index contributed by atoms with van der Waals surface area (Å²) in [5.74, 6) is 0.110. The molecule has 0 unspecified atom stereocenters. The largest absolute Gasteiger partial charge is 0.491 e. The van der Waals surface area contributed by atoms with Crippen LogP contribution >= 0.6 is 11.3 Å². The molecular formula is C24H33FN2O4S. The summed E-state index contributed by atoms with van der Waals surface area (Å²) < 4.78 is 24.6. The Bertz CT molecular complexity index is 862. The van der Waals surface area contributed by atoms with Crippen LogP contribution in [0.4, 0.5) is 4.39 Å². The molecule has 1 aliphatic heterocycles. The Hall–Kier alpha value is -2.00. The number of aliphatic hydroxyl groups excluding tert-OH is 1. The molecule has 0 radical (unpaired) electrons. The van der Waals surface area contributed by atoms with Crippen LogP contribution in [0, 0.1) is 5.82 Å². The van der Waals surface area contributed by atoms with Crippen LogP contribution in [-0.4, -0.2) is 73.4 Å². The average molecular weight is 465 g/mol. The molecule has 0 aliphatic carbocycles. The van der Waals surface area contributed by atoms with Crippen LogP contribution in [-0.2, 0) is 16.0 Å². The van der Waals surface area contributed by atoms with Crippen LogP contribution in [0.1, 0.15) is 36.2 Å². The molecule has 1 aliphatic rings. The highest BCUT2D eigenvalue weighted by Gasteiger charge is 2.33. The molecule has 1 N–H and O–H groups in total. The highest BCUT2D eigenvalue weighted by atomic mass is 32.1. The number of benzene rings is 1. The number of thiophene rings is 1. The van der Waals surface area contributed by atoms with Crippen molar-refractivity contribution in [3.8, 4) is 5.75 Å². The summed E-state index contributed by atoms with van der Waals surface area (Å²) in [6.45, 7) is 4.79. The van der Waals surface area contributed by atoms with Crippen molar-refractivity contribution in [1.29, 1.82) is 0 Å². The van der Waals surface area contributed by atoms with Crippen LogP contribution < -0.4 is 4.74 Å². The number of amides is 1. The topological polar surface area (TPSA) is 62.2 Å². The van der Waals surface area contributed by atoms with E-state index in [2.05, 4.69) is 6.07 Å². The van der Waals surface area contributed by atoms with Crippen molar-refractivity contribution in [3.63, 3.8) is 0 Å². The number of carbonyl (C=O) groups is 1. The van der Waals surface area contributed by atoms with Gasteiger partial charge in [-0.2, -0.15) is 0 Å². The van der Waals surface area contributed by atoms with Gasteiger partial charge >= 0.3 is 0 Å². The lowest BCUT2D eigenvalue weighted by Gasteiger charge is -2.37. The zero-order valence-corrected chi connectivity index (χ0v) is 19.7. The van der Waals surface area contributed by atoms with Gasteiger partial charge in [0.25, 0.3) is 0 Å². The Kier molecular flexibility index (Phi) is 9.47. The smallest absolute Gasteiger partial charge is 0.237 e. The van der Waals surface area contributed by atoms with Crippen LogP contribution in [0.3, 0.4) is 0 Å². The maximum Gasteiger partial charge on any atom is 0.237 e. The van der Waals surface area contributed by atoms with Crippen LogP contribution in [0.5, 0.6) is 5.75 Å². The lowest BCUT2D eigenvalue weighted by Crippen LogP contribution is -2.48. The van der Waals surface area contributed by atoms with E-state index in [1.165, 1.54) is 17.0 Å². The molecule has 1 aromatic heterocycles. The third-order valence-corrected chi connectivity index (χ3v) is 6.74. The highest BCUT2D eigenvalue weighted by molar-refractivity contribution is 7.10. The Morgan fingerprint density at radius 1 is 1.41 bits per heavy atom. The van der Waals surface area contributed by atoms with Crippen molar-refractivity contribution in [2.45, 2.75) is 38.3 Å². The first-order valence-corrected chi connectivity index (χ1v) is 12.0. The van der Waals surface area contributed by atoms with Crippen molar-refractivity contribution in [2.24, 2.45) is 0 Å². The first kappa shape index (κ1) is 24.6. The van der Waals surface area contributed by atoms with Gasteiger partial charge in [0.2, 0.25) is 5.91 Å². The zero-order chi connectivity index (χ0) is 22.9. The average Bonchev–Trinajstić information content (AvgIpc) is 3.26. The van der Waals surface area contributed by atoms with E-state index in [4.69, 9.17) is 9.47 Å². The number of hydrogen-bond donors (Lipinski definition) is 1. The minimum absolute atomic E-state index is 0.00964. The molecule has 8 heteroatoms. The van der Waals surface area contributed by atoms with Gasteiger partial charge in [-0.05, 0) is 48.4 Å². The molecule has 0 bridgehead atoms. The van der Waals surface area contributed by atoms with Gasteiger partial charge in [0.15, 0.2) is 0 Å². The van der Waals surface area contributed by atoms with Crippen LogP contribution in [0.25, 0.3) is 0 Å². The summed E-state index contributed by atoms with van der Waals surface area (Å²) in [5, 5.41) is 12.2. The number of aliphatic hydroxyl groups is 1. The fraction of sp³-hybridized carbons (Fsp3) is 0.542. The van der Waals surface area contributed by atoms with Gasteiger partial charge in [-0.15, -0.1) is 11.3 Å². The van der Waals surface area contributed by atoms with Crippen molar-refractivity contribution in [2.75, 3.05) is 46.5 Å². The molecule has 32 heavy (non-hydrogen) atoms. The van der Waals surface area contributed by atoms with Crippen molar-refractivity contribution >= 4 is 17.2 Å². The van der Waals surface area contributed by atoms with E-state index >= 15 is 0 Å². The lowest BCUT2D eigenvalue weighted by atomic mass is 10.0. The van der Waals surface area contributed by atoms with E-state index in [1.54, 1.807) is 30.6 Å². The summed E-state index contributed by atoms with van der Waals surface area (Å²) in [6, 6.07) is 7.89. The maximum absolute atomic E-state index is 13.6. The molecule has 0 fully saturated rings. The molecule has 0 spiro atoms. The minimum Gasteiger partial charge on any atom is -0.491 e. The number of carbonyl (C=O) groups excluding carboxylic acids is 1. The first-order valence-electron chi connectivity index (χ1n) is 11.1. The Morgan fingerprint density at radius 2 is 2.25 bits per heavy atom. The SMILES string of the molecule is CC[C@@H](O)CN(CCCOC)CC(=O)N1CCc2sccc2[C@@H]1COc1cccc(F)c1. The summed E-state index contributed by atoms with van der Waals surface area (Å²) >= 11 is 1.69. The predicted octanol–water partition coefficient (Wildman–Crippen LogP) is 3.50. The highest BCUT2D eigenvalue weighted by Crippen LogP contribution is 2.34. The van der Waals surface area contributed by atoms with E-state index < -0.39 is 6.10 Å². The van der Waals surface area contributed by atoms with E-state index in [1.807, 2.05) is 22.1 Å². The molecule has 2 aromatic rings. The summed E-state index contributed by atoms with van der Waals surface area (Å²) in [6.07, 6.45) is 1.78. The van der Waals surface area contributed by atoms with Gasteiger partial charge < -0.3 is 19.5 Å². The molecule has 0 saturated carbocycles. The number of rotatable bonds is 12. The molecular weight excluding hydrogens is 431 g/mol. The minimum atomic E-state index is -0.470. The third kappa shape index (κ3) is 6.75. The van der Waals surface area contributed by atoms with E-state index in [9.17, 15) is 14.3 Å². The quantitative estimate of drug-likeness (QED) is 0.487. The van der Waals surface area contributed by atoms with Gasteiger partial charge in [-0.25, -0.2) is 4.39 Å². The molecule has 1 aromatic carbocycles. The van der Waals surface area contributed by atoms with Gasteiger partial charge in [0.1, 0.15) is 18.2 Å². The molecule has 3 rings (SSSR count). The van der Waals surface area contributed by atoms with Crippen molar-refractivity contribution < 1.29 is 23.8 Å². The van der Waals surface area contributed by atoms with Crippen LogP contribution in [0.15, 0.2) is 35.7 Å². The second-order valence-corrected chi connectivity index (χ2v) is 9.06. The second kappa shape index (κ2) is 12.3. The van der Waals surface area contributed by atoms with Gasteiger partial charge in [0, 0.05) is 44.3 Å². The number of ether oxygens (including phenoxy) is 2. The molecule has 2 heterocycles. The zero-order valence-electron chi connectivity index (χ0n) is 18.8. The standard InChI is InChI=1S/C24H33FN2O4S/c1-3-19(28)15-26(10-5-12-30-2)16-24(29)27-11-8-23-21(9-13-32-23)22(27)17-31-20-7-4-6-18(25)14-20/h4,6-7,9,13-14,19,22,28H,3,5,8,10-12,15-17H2,1-2H3/t19-,22+/m1/s1. The van der Waals surface area contributed by atoms with Crippen molar-refractivity contribution in [3.05, 3.63) is 52.0 Å². The molecule has 2 atom stereocenters. The summed E-state index contributed by atoms with van der Waals surface area (Å²) in [5.41, 5.74) is 1.10. The Morgan fingerprint density at radius 3 is 3.00 bits per heavy atom. The van der Waals surface area contributed by atoms with E-state index in [-0.39, 0.29) is 30.9 Å². The number of nitrogens with zero attached hydrogens (tertiary/aromatic N) is 2. The molecule has 0 saturated heterocycles. The lowest BCUT2D eigenvalue weighted by molar-refractivity contribution is -0.136. The number of halogens is 1. The normalized spacial score (nSPS) is 16.8. The molecule has 1 amide bonds. The van der Waals surface area contributed by atoms with Gasteiger partial charge in [-0.1, -0.05) is 13.0 Å². The first-order chi connectivity index (χ1) is 15.5. The number of hydrogen-bond acceptors (Lipinski definition) is 6. The maximum atomic E-state index is 13.6. The number of fused-ring (bicyclic) bond motifs is 1. The van der Waals surface area contributed by atoms with E-state index in [0.29, 0.717) is 38.4 Å². The second-order valence-electron chi connectivity index (χ2n) is 8.06. The Labute approximate surface area is 193 Å². The Balaban J connectivity index is 1.71. The number of methoxy groups -OCH3 is 1. The summed E-state index contributed by atoms with van der Waals surface area (Å²) in [4.78, 5) is 18.5. The predicted molar refractivity (Wildman–Crippen MR) is 124 cm³/mol. The molecule has 176 valence electrons. The monoisotopic (exact) mass is 464 g/mol. The van der Waals surface area contributed by atoms with Crippen molar-refractivity contribution in [1.82, 2.24) is 9.80 Å². The summed E-state index contributed by atoms with van der Waals surface area (Å²) in [7, 11) is 1.66. The van der Waals surface area contributed by atoms with Crippen LogP contribution in [0.2, 0.25) is 0 Å². The third-order valence-electron chi connectivity index (χ3n) is 5.74.